The van der Waals surface area contributed by atoms with Gasteiger partial charge in [-0.3, -0.25) is 4.90 Å². The number of rotatable bonds is 5. The topological polar surface area (TPSA) is 36.5 Å². The Balaban J connectivity index is 1.77. The molecule has 2 rings (SSSR count). The molecule has 1 saturated heterocycles. The standard InChI is InChI=1S/C13H21N3O/c1-2-17-13-5-3-12(4-6-13)15-11-16-9-7-14-8-10-16/h3-6,14-15H,2,7-11H2,1H3. The molecule has 0 saturated carbocycles. The van der Waals surface area contributed by atoms with Gasteiger partial charge in [-0.25, -0.2) is 0 Å². The van der Waals surface area contributed by atoms with Crippen molar-refractivity contribution in [2.75, 3.05) is 44.8 Å². The summed E-state index contributed by atoms with van der Waals surface area (Å²) < 4.78 is 5.41. The largest absolute Gasteiger partial charge is 0.494 e. The monoisotopic (exact) mass is 235 g/mol. The maximum atomic E-state index is 5.41. The highest BCUT2D eigenvalue weighted by Crippen LogP contribution is 2.15. The molecule has 1 aromatic carbocycles. The molecule has 1 aliphatic rings. The molecule has 4 nitrogen and oxygen atoms in total. The first-order chi connectivity index (χ1) is 8.38. The second-order valence-corrected chi connectivity index (χ2v) is 4.16. The fourth-order valence-electron chi connectivity index (χ4n) is 1.91. The number of hydrogen-bond acceptors (Lipinski definition) is 4. The maximum Gasteiger partial charge on any atom is 0.119 e. The fraction of sp³-hybridized carbons (Fsp3) is 0.538. The minimum absolute atomic E-state index is 0.716. The van der Waals surface area contributed by atoms with E-state index in [4.69, 9.17) is 4.74 Å². The van der Waals surface area contributed by atoms with Crippen LogP contribution in [0.5, 0.6) is 5.75 Å². The van der Waals surface area contributed by atoms with Gasteiger partial charge in [0.2, 0.25) is 0 Å². The van der Waals surface area contributed by atoms with E-state index in [0.717, 1.165) is 44.3 Å². The molecule has 0 aliphatic carbocycles. The Morgan fingerprint density at radius 3 is 2.59 bits per heavy atom. The summed E-state index contributed by atoms with van der Waals surface area (Å²) in [4.78, 5) is 2.41. The lowest BCUT2D eigenvalue weighted by atomic mass is 10.3. The third kappa shape index (κ3) is 3.91. The smallest absolute Gasteiger partial charge is 0.119 e. The highest BCUT2D eigenvalue weighted by atomic mass is 16.5. The summed E-state index contributed by atoms with van der Waals surface area (Å²) in [5, 5.41) is 6.77. The van der Waals surface area contributed by atoms with Crippen LogP contribution in [0.15, 0.2) is 24.3 Å². The Morgan fingerprint density at radius 1 is 1.24 bits per heavy atom. The SMILES string of the molecule is CCOc1ccc(NCN2CCNCC2)cc1. The van der Waals surface area contributed by atoms with Crippen molar-refractivity contribution >= 4 is 5.69 Å². The minimum Gasteiger partial charge on any atom is -0.494 e. The van der Waals surface area contributed by atoms with Crippen LogP contribution in [-0.2, 0) is 0 Å². The second-order valence-electron chi connectivity index (χ2n) is 4.16. The van der Waals surface area contributed by atoms with Gasteiger partial charge in [-0.05, 0) is 31.2 Å². The average molecular weight is 235 g/mol. The van der Waals surface area contributed by atoms with Crippen LogP contribution < -0.4 is 15.4 Å². The third-order valence-corrected chi connectivity index (χ3v) is 2.88. The van der Waals surface area contributed by atoms with E-state index in [0.29, 0.717) is 6.61 Å². The van der Waals surface area contributed by atoms with Gasteiger partial charge in [0, 0.05) is 31.9 Å². The Kier molecular flexibility index (Phi) is 4.64. The molecule has 2 N–H and O–H groups in total. The van der Waals surface area contributed by atoms with E-state index >= 15 is 0 Å². The molecule has 0 bridgehead atoms. The number of anilines is 1. The van der Waals surface area contributed by atoms with Crippen LogP contribution in [-0.4, -0.2) is 44.4 Å². The molecule has 1 heterocycles. The third-order valence-electron chi connectivity index (χ3n) is 2.88. The molecule has 1 aromatic rings. The number of nitrogens with zero attached hydrogens (tertiary/aromatic N) is 1. The normalized spacial score (nSPS) is 16.8. The van der Waals surface area contributed by atoms with Gasteiger partial charge >= 0.3 is 0 Å². The number of hydrogen-bond donors (Lipinski definition) is 2. The highest BCUT2D eigenvalue weighted by Gasteiger charge is 2.08. The quantitative estimate of drug-likeness (QED) is 0.808. The van der Waals surface area contributed by atoms with Gasteiger partial charge in [0.15, 0.2) is 0 Å². The van der Waals surface area contributed by atoms with Crippen molar-refractivity contribution in [1.29, 1.82) is 0 Å². The van der Waals surface area contributed by atoms with Crippen LogP contribution >= 0.6 is 0 Å². The summed E-state index contributed by atoms with van der Waals surface area (Å²) in [5.41, 5.74) is 1.15. The summed E-state index contributed by atoms with van der Waals surface area (Å²) in [6, 6.07) is 8.13. The summed E-state index contributed by atoms with van der Waals surface area (Å²) >= 11 is 0. The lowest BCUT2D eigenvalue weighted by molar-refractivity contribution is 0.256. The van der Waals surface area contributed by atoms with Gasteiger partial charge in [-0.15, -0.1) is 0 Å². The number of piperazine rings is 1. The predicted molar refractivity (Wildman–Crippen MR) is 70.5 cm³/mol. The molecule has 17 heavy (non-hydrogen) atoms. The zero-order chi connectivity index (χ0) is 11.9. The van der Waals surface area contributed by atoms with Gasteiger partial charge in [0.05, 0.1) is 13.3 Å². The average Bonchev–Trinajstić information content (AvgIpc) is 2.40. The molecular weight excluding hydrogens is 214 g/mol. The number of benzene rings is 1. The molecule has 0 spiro atoms. The zero-order valence-electron chi connectivity index (χ0n) is 10.4. The van der Waals surface area contributed by atoms with Gasteiger partial charge < -0.3 is 15.4 Å². The van der Waals surface area contributed by atoms with E-state index in [1.807, 2.05) is 19.1 Å². The second kappa shape index (κ2) is 6.47. The van der Waals surface area contributed by atoms with Crippen molar-refractivity contribution in [3.63, 3.8) is 0 Å². The first kappa shape index (κ1) is 12.2. The highest BCUT2D eigenvalue weighted by molar-refractivity contribution is 5.46. The van der Waals surface area contributed by atoms with Gasteiger partial charge in [0.1, 0.15) is 5.75 Å². The van der Waals surface area contributed by atoms with Crippen LogP contribution in [0.3, 0.4) is 0 Å². The van der Waals surface area contributed by atoms with Crippen LogP contribution in [0, 0.1) is 0 Å². The molecule has 0 radical (unpaired) electrons. The van der Waals surface area contributed by atoms with Crippen molar-refractivity contribution < 1.29 is 4.74 Å². The molecule has 0 unspecified atom stereocenters. The summed E-state index contributed by atoms with van der Waals surface area (Å²) in [6.07, 6.45) is 0. The van der Waals surface area contributed by atoms with E-state index in [1.165, 1.54) is 0 Å². The van der Waals surface area contributed by atoms with Crippen LogP contribution in [0.2, 0.25) is 0 Å². The van der Waals surface area contributed by atoms with Gasteiger partial charge in [-0.2, -0.15) is 0 Å². The van der Waals surface area contributed by atoms with Crippen molar-refractivity contribution in [3.05, 3.63) is 24.3 Å². The molecule has 4 heteroatoms. The van der Waals surface area contributed by atoms with E-state index in [-0.39, 0.29) is 0 Å². The first-order valence-corrected chi connectivity index (χ1v) is 6.28. The van der Waals surface area contributed by atoms with E-state index in [2.05, 4.69) is 27.7 Å². The van der Waals surface area contributed by atoms with Crippen LogP contribution in [0.4, 0.5) is 5.69 Å². The Hall–Kier alpha value is -1.26. The van der Waals surface area contributed by atoms with Crippen molar-refractivity contribution in [3.8, 4) is 5.75 Å². The van der Waals surface area contributed by atoms with E-state index in [1.54, 1.807) is 0 Å². The molecular formula is C13H21N3O. The molecule has 0 atom stereocenters. The van der Waals surface area contributed by atoms with E-state index < -0.39 is 0 Å². The summed E-state index contributed by atoms with van der Waals surface area (Å²) in [7, 11) is 0. The Bertz CT molecular complexity index is 320. The summed E-state index contributed by atoms with van der Waals surface area (Å²) in [6.45, 7) is 8.03. The minimum atomic E-state index is 0.716. The summed E-state index contributed by atoms with van der Waals surface area (Å²) in [5.74, 6) is 0.931. The Labute approximate surface area is 103 Å². The van der Waals surface area contributed by atoms with Crippen LogP contribution in [0.1, 0.15) is 6.92 Å². The zero-order valence-corrected chi connectivity index (χ0v) is 10.4. The van der Waals surface area contributed by atoms with Crippen LogP contribution in [0.25, 0.3) is 0 Å². The molecule has 1 aliphatic heterocycles. The fourth-order valence-corrected chi connectivity index (χ4v) is 1.91. The predicted octanol–water partition coefficient (Wildman–Crippen LogP) is 1.36. The first-order valence-electron chi connectivity index (χ1n) is 6.28. The lowest BCUT2D eigenvalue weighted by Gasteiger charge is -2.27. The van der Waals surface area contributed by atoms with Crippen molar-refractivity contribution in [2.24, 2.45) is 0 Å². The lowest BCUT2D eigenvalue weighted by Crippen LogP contribution is -2.45. The number of nitrogens with one attached hydrogen (secondary N) is 2. The molecule has 1 fully saturated rings. The number of ether oxygens (including phenoxy) is 1. The van der Waals surface area contributed by atoms with E-state index in [9.17, 15) is 0 Å². The maximum absolute atomic E-state index is 5.41. The van der Waals surface area contributed by atoms with Crippen molar-refractivity contribution in [2.45, 2.75) is 6.92 Å². The molecule has 0 amide bonds. The Morgan fingerprint density at radius 2 is 1.94 bits per heavy atom. The van der Waals surface area contributed by atoms with Crippen molar-refractivity contribution in [1.82, 2.24) is 10.2 Å². The molecule has 0 aromatic heterocycles. The van der Waals surface area contributed by atoms with Gasteiger partial charge in [0.25, 0.3) is 0 Å². The molecule has 94 valence electrons. The van der Waals surface area contributed by atoms with Gasteiger partial charge in [-0.1, -0.05) is 0 Å².